The third-order valence-corrected chi connectivity index (χ3v) is 3.37. The number of rotatable bonds is 2. The molecule has 0 spiro atoms. The van der Waals surface area contributed by atoms with Gasteiger partial charge in [0.15, 0.2) is 11.6 Å². The molecule has 1 unspecified atom stereocenters. The van der Waals surface area contributed by atoms with Gasteiger partial charge in [-0.3, -0.25) is 4.79 Å². The van der Waals surface area contributed by atoms with Crippen LogP contribution in [0, 0.1) is 17.5 Å². The van der Waals surface area contributed by atoms with Crippen molar-refractivity contribution in [1.29, 1.82) is 0 Å². The van der Waals surface area contributed by atoms with Crippen LogP contribution in [0.2, 0.25) is 0 Å². The van der Waals surface area contributed by atoms with E-state index in [9.17, 15) is 18.0 Å². The number of carbonyl (C=O) groups is 1. The molecular weight excluding hydrogens is 267 g/mol. The molecule has 0 radical (unpaired) electrons. The molecule has 0 bridgehead atoms. The molecular formula is C12H11ClF3NO. The number of nitrogens with zero attached hydrogens (tertiary/aromatic N) is 1. The lowest BCUT2D eigenvalue weighted by Gasteiger charge is -2.19. The molecule has 1 fully saturated rings. The van der Waals surface area contributed by atoms with Gasteiger partial charge in [0.05, 0.1) is 0 Å². The van der Waals surface area contributed by atoms with Crippen molar-refractivity contribution in [3.63, 3.8) is 0 Å². The Hall–Kier alpha value is -1.23. The van der Waals surface area contributed by atoms with Gasteiger partial charge in [0.1, 0.15) is 11.2 Å². The normalized spacial score (nSPS) is 17.0. The molecule has 98 valence electrons. The van der Waals surface area contributed by atoms with Crippen molar-refractivity contribution in [3.05, 3.63) is 35.1 Å². The molecule has 1 aromatic rings. The SMILES string of the molecule is O=C(C(Cl)c1cc(F)c(F)cc1F)N1CCCC1. The summed E-state index contributed by atoms with van der Waals surface area (Å²) in [6.45, 7) is 1.13. The minimum absolute atomic E-state index is 0.326. The van der Waals surface area contributed by atoms with Gasteiger partial charge >= 0.3 is 0 Å². The van der Waals surface area contributed by atoms with E-state index in [1.807, 2.05) is 0 Å². The van der Waals surface area contributed by atoms with Crippen molar-refractivity contribution in [1.82, 2.24) is 4.90 Å². The topological polar surface area (TPSA) is 20.3 Å². The zero-order valence-electron chi connectivity index (χ0n) is 9.43. The first-order valence-electron chi connectivity index (χ1n) is 5.58. The zero-order chi connectivity index (χ0) is 13.3. The average Bonchev–Trinajstić information content (AvgIpc) is 2.85. The largest absolute Gasteiger partial charge is 0.341 e. The molecule has 0 aliphatic carbocycles. The van der Waals surface area contributed by atoms with Crippen LogP contribution in [0.1, 0.15) is 23.8 Å². The highest BCUT2D eigenvalue weighted by Gasteiger charge is 2.28. The van der Waals surface area contributed by atoms with Crippen molar-refractivity contribution < 1.29 is 18.0 Å². The molecule has 1 aliphatic heterocycles. The minimum atomic E-state index is -1.32. The fraction of sp³-hybridized carbons (Fsp3) is 0.417. The molecule has 18 heavy (non-hydrogen) atoms. The molecule has 1 atom stereocenters. The molecule has 0 aromatic heterocycles. The van der Waals surface area contributed by atoms with E-state index in [4.69, 9.17) is 11.6 Å². The molecule has 1 saturated heterocycles. The Morgan fingerprint density at radius 1 is 1.11 bits per heavy atom. The van der Waals surface area contributed by atoms with Gasteiger partial charge in [-0.05, 0) is 18.9 Å². The summed E-state index contributed by atoms with van der Waals surface area (Å²) in [4.78, 5) is 13.4. The number of halogens is 4. The van der Waals surface area contributed by atoms with E-state index in [1.165, 1.54) is 4.90 Å². The Kier molecular flexibility index (Phi) is 3.80. The van der Waals surface area contributed by atoms with Crippen LogP contribution < -0.4 is 0 Å². The predicted molar refractivity (Wildman–Crippen MR) is 60.7 cm³/mol. The first-order valence-corrected chi connectivity index (χ1v) is 6.01. The van der Waals surface area contributed by atoms with Crippen molar-refractivity contribution >= 4 is 17.5 Å². The Morgan fingerprint density at radius 3 is 2.28 bits per heavy atom. The van der Waals surface area contributed by atoms with E-state index in [1.54, 1.807) is 0 Å². The maximum absolute atomic E-state index is 13.5. The molecule has 1 aliphatic rings. The lowest BCUT2D eigenvalue weighted by atomic mass is 10.1. The second-order valence-corrected chi connectivity index (χ2v) is 4.62. The first-order chi connectivity index (χ1) is 8.50. The number of hydrogen-bond donors (Lipinski definition) is 0. The highest BCUT2D eigenvalue weighted by Crippen LogP contribution is 2.28. The molecule has 2 nitrogen and oxygen atoms in total. The van der Waals surface area contributed by atoms with Gasteiger partial charge in [0.25, 0.3) is 0 Å². The zero-order valence-corrected chi connectivity index (χ0v) is 10.2. The van der Waals surface area contributed by atoms with E-state index >= 15 is 0 Å². The van der Waals surface area contributed by atoms with Crippen molar-refractivity contribution in [3.8, 4) is 0 Å². The second-order valence-electron chi connectivity index (χ2n) is 4.18. The highest BCUT2D eigenvalue weighted by molar-refractivity contribution is 6.30. The van der Waals surface area contributed by atoms with E-state index in [2.05, 4.69) is 0 Å². The van der Waals surface area contributed by atoms with E-state index in [0.717, 1.165) is 12.8 Å². The van der Waals surface area contributed by atoms with Crippen LogP contribution in [-0.2, 0) is 4.79 Å². The Bertz CT molecular complexity index is 475. The first kappa shape index (κ1) is 13.2. The van der Waals surface area contributed by atoms with Gasteiger partial charge in [0.2, 0.25) is 5.91 Å². The third kappa shape index (κ3) is 2.46. The lowest BCUT2D eigenvalue weighted by molar-refractivity contribution is -0.129. The van der Waals surface area contributed by atoms with Crippen molar-refractivity contribution in [2.24, 2.45) is 0 Å². The average molecular weight is 278 g/mol. The molecule has 0 saturated carbocycles. The summed E-state index contributed by atoms with van der Waals surface area (Å²) >= 11 is 5.85. The van der Waals surface area contributed by atoms with Crippen LogP contribution in [0.15, 0.2) is 12.1 Å². The van der Waals surface area contributed by atoms with Crippen molar-refractivity contribution in [2.45, 2.75) is 18.2 Å². The maximum atomic E-state index is 13.5. The van der Waals surface area contributed by atoms with Crippen LogP contribution in [0.5, 0.6) is 0 Å². The van der Waals surface area contributed by atoms with E-state index in [0.29, 0.717) is 25.2 Å². The molecule has 0 N–H and O–H groups in total. The van der Waals surface area contributed by atoms with Gasteiger partial charge in [0, 0.05) is 24.7 Å². The Morgan fingerprint density at radius 2 is 1.67 bits per heavy atom. The van der Waals surface area contributed by atoms with Crippen LogP contribution in [0.25, 0.3) is 0 Å². The summed E-state index contributed by atoms with van der Waals surface area (Å²) in [6.07, 6.45) is 1.74. The third-order valence-electron chi connectivity index (χ3n) is 2.95. The smallest absolute Gasteiger partial charge is 0.245 e. The van der Waals surface area contributed by atoms with Crippen molar-refractivity contribution in [2.75, 3.05) is 13.1 Å². The number of amides is 1. The number of benzene rings is 1. The van der Waals surface area contributed by atoms with Crippen LogP contribution >= 0.6 is 11.6 Å². The summed E-state index contributed by atoms with van der Waals surface area (Å²) in [7, 11) is 0. The molecule has 1 heterocycles. The van der Waals surface area contributed by atoms with Crippen LogP contribution in [-0.4, -0.2) is 23.9 Å². The summed E-state index contributed by atoms with van der Waals surface area (Å²) < 4.78 is 39.3. The molecule has 6 heteroatoms. The molecule has 1 aromatic carbocycles. The van der Waals surface area contributed by atoms with Gasteiger partial charge in [-0.15, -0.1) is 11.6 Å². The monoisotopic (exact) mass is 277 g/mol. The fourth-order valence-electron chi connectivity index (χ4n) is 1.96. The summed E-state index contributed by atoms with van der Waals surface area (Å²) in [5, 5.41) is -1.32. The summed E-state index contributed by atoms with van der Waals surface area (Å²) in [5.74, 6) is -4.00. The van der Waals surface area contributed by atoms with Crippen LogP contribution in [0.3, 0.4) is 0 Å². The Labute approximate surface area is 107 Å². The summed E-state index contributed by atoms with van der Waals surface area (Å²) in [6, 6.07) is 1.04. The number of hydrogen-bond acceptors (Lipinski definition) is 1. The highest BCUT2D eigenvalue weighted by atomic mass is 35.5. The lowest BCUT2D eigenvalue weighted by Crippen LogP contribution is -2.31. The van der Waals surface area contributed by atoms with Gasteiger partial charge in [-0.1, -0.05) is 0 Å². The maximum Gasteiger partial charge on any atom is 0.245 e. The van der Waals surface area contributed by atoms with Gasteiger partial charge in [-0.2, -0.15) is 0 Å². The summed E-state index contributed by atoms with van der Waals surface area (Å²) in [5.41, 5.74) is -0.326. The minimum Gasteiger partial charge on any atom is -0.341 e. The van der Waals surface area contributed by atoms with E-state index in [-0.39, 0.29) is 5.56 Å². The number of alkyl halides is 1. The molecule has 2 rings (SSSR count). The predicted octanol–water partition coefficient (Wildman–Crippen LogP) is 3.01. The second kappa shape index (κ2) is 5.18. The van der Waals surface area contributed by atoms with Gasteiger partial charge in [-0.25, -0.2) is 13.2 Å². The Balaban J connectivity index is 2.25. The number of carbonyl (C=O) groups excluding carboxylic acids is 1. The van der Waals surface area contributed by atoms with Gasteiger partial charge < -0.3 is 4.90 Å². The molecule has 1 amide bonds. The van der Waals surface area contributed by atoms with E-state index < -0.39 is 28.7 Å². The quantitative estimate of drug-likeness (QED) is 0.601. The fourth-order valence-corrected chi connectivity index (χ4v) is 2.27. The van der Waals surface area contributed by atoms with Crippen LogP contribution in [0.4, 0.5) is 13.2 Å². The standard InChI is InChI=1S/C12H11ClF3NO/c13-11(12(18)17-3-1-2-4-17)7-5-9(15)10(16)6-8(7)14/h5-6,11H,1-4H2. The number of likely N-dealkylation sites (tertiary alicyclic amines) is 1.